The van der Waals surface area contributed by atoms with Crippen LogP contribution in [0.25, 0.3) is 10.1 Å². The predicted molar refractivity (Wildman–Crippen MR) is 80.8 cm³/mol. The fraction of sp³-hybridized carbons (Fsp3) is 0.400. The molecule has 0 unspecified atom stereocenters. The zero-order chi connectivity index (χ0) is 12.4. The van der Waals surface area contributed by atoms with E-state index < -0.39 is 0 Å². The lowest BCUT2D eigenvalue weighted by atomic mass is 9.93. The fourth-order valence-corrected chi connectivity index (χ4v) is 4.67. The molecule has 0 bridgehead atoms. The van der Waals surface area contributed by atoms with E-state index in [0.29, 0.717) is 11.7 Å². The van der Waals surface area contributed by atoms with Crippen molar-refractivity contribution >= 4 is 39.0 Å². The molecule has 1 aromatic heterocycles. The van der Waals surface area contributed by atoms with Crippen molar-refractivity contribution in [1.82, 2.24) is 0 Å². The predicted octanol–water partition coefficient (Wildman–Crippen LogP) is 4.62. The van der Waals surface area contributed by atoms with Crippen LogP contribution in [-0.4, -0.2) is 17.3 Å². The topological polar surface area (TPSA) is 17.1 Å². The highest BCUT2D eigenvalue weighted by Crippen LogP contribution is 2.30. The zero-order valence-corrected chi connectivity index (χ0v) is 11.9. The smallest absolute Gasteiger partial charge is 0.164 e. The van der Waals surface area contributed by atoms with Gasteiger partial charge in [0.1, 0.15) is 0 Å². The van der Waals surface area contributed by atoms with Crippen molar-refractivity contribution in [2.45, 2.75) is 19.3 Å². The summed E-state index contributed by atoms with van der Waals surface area (Å²) in [4.78, 5) is 12.4. The maximum absolute atomic E-state index is 12.4. The van der Waals surface area contributed by atoms with Crippen LogP contribution in [0.3, 0.4) is 0 Å². The van der Waals surface area contributed by atoms with E-state index in [1.807, 2.05) is 23.9 Å². The number of carbonyl (C=O) groups is 1. The molecule has 0 amide bonds. The number of benzene rings is 1. The highest BCUT2D eigenvalue weighted by atomic mass is 32.2. The Hall–Kier alpha value is -0.800. The molecule has 3 rings (SSSR count). The zero-order valence-electron chi connectivity index (χ0n) is 10.2. The van der Waals surface area contributed by atoms with Crippen LogP contribution in [-0.2, 0) is 0 Å². The minimum Gasteiger partial charge on any atom is -0.294 e. The summed E-state index contributed by atoms with van der Waals surface area (Å²) in [6.07, 6.45) is 3.14. The summed E-state index contributed by atoms with van der Waals surface area (Å²) >= 11 is 3.70. The highest BCUT2D eigenvalue weighted by molar-refractivity contribution is 7.99. The number of hydrogen-bond acceptors (Lipinski definition) is 3. The van der Waals surface area contributed by atoms with E-state index in [1.54, 1.807) is 11.3 Å². The van der Waals surface area contributed by atoms with Gasteiger partial charge in [0, 0.05) is 16.7 Å². The molecule has 2 aromatic rings. The Kier molecular flexibility index (Phi) is 3.71. The lowest BCUT2D eigenvalue weighted by Gasteiger charge is -2.20. The first kappa shape index (κ1) is 12.2. The minimum absolute atomic E-state index is 0.333. The molecule has 18 heavy (non-hydrogen) atoms. The Morgan fingerprint density at radius 1 is 1.22 bits per heavy atom. The Morgan fingerprint density at radius 2 is 2.06 bits per heavy atom. The van der Waals surface area contributed by atoms with Gasteiger partial charge >= 0.3 is 0 Å². The molecule has 0 N–H and O–H groups in total. The quantitative estimate of drug-likeness (QED) is 0.761. The molecule has 1 aliphatic rings. The van der Waals surface area contributed by atoms with Gasteiger partial charge in [-0.2, -0.15) is 11.8 Å². The van der Waals surface area contributed by atoms with Gasteiger partial charge in [0.25, 0.3) is 0 Å². The Bertz CT molecular complexity index is 552. The number of thioether (sulfide) groups is 1. The summed E-state index contributed by atoms with van der Waals surface area (Å²) in [7, 11) is 0. The van der Waals surface area contributed by atoms with E-state index in [4.69, 9.17) is 0 Å². The number of carbonyl (C=O) groups excluding carboxylic acids is 1. The van der Waals surface area contributed by atoms with Crippen LogP contribution in [0.5, 0.6) is 0 Å². The van der Waals surface area contributed by atoms with Gasteiger partial charge in [-0.15, -0.1) is 11.3 Å². The lowest BCUT2D eigenvalue weighted by molar-refractivity contribution is 0.0960. The van der Waals surface area contributed by atoms with Gasteiger partial charge in [0.15, 0.2) is 5.78 Å². The molecule has 1 nitrogen and oxygen atoms in total. The van der Waals surface area contributed by atoms with Gasteiger partial charge in [-0.1, -0.05) is 12.1 Å². The second kappa shape index (κ2) is 5.45. The average Bonchev–Trinajstić information content (AvgIpc) is 2.87. The summed E-state index contributed by atoms with van der Waals surface area (Å²) in [6.45, 7) is 0. The summed E-state index contributed by atoms with van der Waals surface area (Å²) < 4.78 is 1.16. The largest absolute Gasteiger partial charge is 0.294 e. The van der Waals surface area contributed by atoms with E-state index in [1.165, 1.54) is 29.7 Å². The average molecular weight is 276 g/mol. The minimum atomic E-state index is 0.333. The molecule has 3 heteroatoms. The third-order valence-electron chi connectivity index (χ3n) is 3.59. The summed E-state index contributed by atoms with van der Waals surface area (Å²) in [5.74, 6) is 3.39. The molecule has 94 valence electrons. The Balaban J connectivity index is 1.81. The third kappa shape index (κ3) is 2.47. The molecule has 0 spiro atoms. The number of rotatable bonds is 3. The molecule has 1 saturated heterocycles. The van der Waals surface area contributed by atoms with Crippen LogP contribution in [0.4, 0.5) is 0 Å². The van der Waals surface area contributed by atoms with Gasteiger partial charge < -0.3 is 0 Å². The van der Waals surface area contributed by atoms with Crippen molar-refractivity contribution in [2.24, 2.45) is 5.92 Å². The fourth-order valence-electron chi connectivity index (χ4n) is 2.54. The van der Waals surface area contributed by atoms with Gasteiger partial charge in [-0.05, 0) is 53.2 Å². The Labute approximate surface area is 116 Å². The number of ketones is 1. The van der Waals surface area contributed by atoms with Crippen LogP contribution < -0.4 is 0 Å². The van der Waals surface area contributed by atoms with Crippen LogP contribution in [0.15, 0.2) is 29.6 Å². The summed E-state index contributed by atoms with van der Waals surface area (Å²) in [6, 6.07) is 8.16. The molecule has 1 fully saturated rings. The van der Waals surface area contributed by atoms with E-state index in [0.717, 1.165) is 16.7 Å². The van der Waals surface area contributed by atoms with E-state index in [-0.39, 0.29) is 0 Å². The maximum Gasteiger partial charge on any atom is 0.164 e. The SMILES string of the molecule is O=C(CC1CCSCC1)c1cccc2ccsc12. The van der Waals surface area contributed by atoms with Crippen LogP contribution in [0, 0.1) is 5.92 Å². The van der Waals surface area contributed by atoms with Gasteiger partial charge in [-0.25, -0.2) is 0 Å². The standard InChI is InChI=1S/C15H16OS2/c16-14(10-11-4-7-17-8-5-11)13-3-1-2-12-6-9-18-15(12)13/h1-3,6,9,11H,4-5,7-8,10H2. The molecular formula is C15H16OS2. The summed E-state index contributed by atoms with van der Waals surface area (Å²) in [5, 5.41) is 3.27. The molecule has 0 atom stereocenters. The first-order valence-electron chi connectivity index (χ1n) is 6.42. The van der Waals surface area contributed by atoms with Crippen LogP contribution in [0.1, 0.15) is 29.6 Å². The maximum atomic E-state index is 12.4. The number of fused-ring (bicyclic) bond motifs is 1. The molecule has 0 aliphatic carbocycles. The first-order chi connectivity index (χ1) is 8.84. The van der Waals surface area contributed by atoms with E-state index in [2.05, 4.69) is 17.5 Å². The van der Waals surface area contributed by atoms with Crippen molar-refractivity contribution in [3.05, 3.63) is 35.2 Å². The normalized spacial score (nSPS) is 17.1. The molecule has 2 heterocycles. The van der Waals surface area contributed by atoms with Crippen molar-refractivity contribution in [3.63, 3.8) is 0 Å². The second-order valence-electron chi connectivity index (χ2n) is 4.83. The highest BCUT2D eigenvalue weighted by Gasteiger charge is 2.19. The van der Waals surface area contributed by atoms with Crippen molar-refractivity contribution in [1.29, 1.82) is 0 Å². The molecule has 1 aliphatic heterocycles. The van der Waals surface area contributed by atoms with Crippen molar-refractivity contribution in [2.75, 3.05) is 11.5 Å². The van der Waals surface area contributed by atoms with Crippen LogP contribution in [0.2, 0.25) is 0 Å². The molecule has 0 saturated carbocycles. The first-order valence-corrected chi connectivity index (χ1v) is 8.45. The number of Topliss-reactive ketones (excluding diaryl/α,β-unsaturated/α-hetero) is 1. The van der Waals surface area contributed by atoms with Gasteiger partial charge in [0.2, 0.25) is 0 Å². The van der Waals surface area contributed by atoms with Gasteiger partial charge in [-0.3, -0.25) is 4.79 Å². The molecule has 1 aromatic carbocycles. The third-order valence-corrected chi connectivity index (χ3v) is 5.61. The van der Waals surface area contributed by atoms with Crippen LogP contribution >= 0.6 is 23.1 Å². The number of hydrogen-bond donors (Lipinski definition) is 0. The lowest BCUT2D eigenvalue weighted by Crippen LogP contribution is -2.14. The van der Waals surface area contributed by atoms with E-state index in [9.17, 15) is 4.79 Å². The second-order valence-corrected chi connectivity index (χ2v) is 6.97. The van der Waals surface area contributed by atoms with Crippen molar-refractivity contribution < 1.29 is 4.79 Å². The molecular weight excluding hydrogens is 260 g/mol. The summed E-state index contributed by atoms with van der Waals surface area (Å²) in [5.41, 5.74) is 0.931. The Morgan fingerprint density at radius 3 is 2.89 bits per heavy atom. The monoisotopic (exact) mass is 276 g/mol. The van der Waals surface area contributed by atoms with E-state index >= 15 is 0 Å². The molecule has 0 radical (unpaired) electrons. The van der Waals surface area contributed by atoms with Crippen molar-refractivity contribution in [3.8, 4) is 0 Å². The number of thiophene rings is 1. The van der Waals surface area contributed by atoms with Gasteiger partial charge in [0.05, 0.1) is 0 Å².